The van der Waals surface area contributed by atoms with Gasteiger partial charge in [0.15, 0.2) is 0 Å². The second-order valence-corrected chi connectivity index (χ2v) is 3.29. The predicted octanol–water partition coefficient (Wildman–Crippen LogP) is 0.600. The van der Waals surface area contributed by atoms with Crippen molar-refractivity contribution in [3.8, 4) is 0 Å². The van der Waals surface area contributed by atoms with E-state index in [1.54, 1.807) is 6.33 Å². The first-order valence-corrected chi connectivity index (χ1v) is 4.57. The predicted molar refractivity (Wildman–Crippen MR) is 48.1 cm³/mol. The Labute approximate surface area is 76.9 Å². The van der Waals surface area contributed by atoms with Crippen LogP contribution in [-0.2, 0) is 4.74 Å². The average molecular weight is 182 g/mol. The number of aromatic nitrogens is 3. The molecule has 5 nitrogen and oxygen atoms in total. The molecule has 1 aliphatic rings. The molecular weight excluding hydrogens is 168 g/mol. The van der Waals surface area contributed by atoms with Gasteiger partial charge in [-0.3, -0.25) is 0 Å². The van der Waals surface area contributed by atoms with Crippen molar-refractivity contribution in [2.75, 3.05) is 12.3 Å². The third kappa shape index (κ3) is 1.65. The molecule has 0 unspecified atom stereocenters. The third-order valence-electron chi connectivity index (χ3n) is 2.37. The second kappa shape index (κ2) is 3.33. The van der Waals surface area contributed by atoms with Crippen molar-refractivity contribution in [3.63, 3.8) is 0 Å². The average Bonchev–Trinajstić information content (AvgIpc) is 2.43. The van der Waals surface area contributed by atoms with Crippen LogP contribution in [0.15, 0.2) is 6.33 Å². The Kier molecular flexibility index (Phi) is 2.18. The van der Waals surface area contributed by atoms with E-state index in [1.165, 1.54) is 0 Å². The molecule has 0 saturated heterocycles. The number of nitrogen functional groups attached to an aromatic ring is 1. The van der Waals surface area contributed by atoms with Gasteiger partial charge in [-0.15, -0.1) is 5.10 Å². The Balaban J connectivity index is 1.86. The maximum Gasteiger partial charge on any atom is 0.239 e. The van der Waals surface area contributed by atoms with Crippen LogP contribution in [-0.4, -0.2) is 27.5 Å². The Hall–Kier alpha value is -1.10. The van der Waals surface area contributed by atoms with Gasteiger partial charge in [-0.25, -0.2) is 9.67 Å². The van der Waals surface area contributed by atoms with Crippen molar-refractivity contribution in [1.82, 2.24) is 14.8 Å². The maximum absolute atomic E-state index is 5.44. The van der Waals surface area contributed by atoms with E-state index in [0.29, 0.717) is 18.1 Å². The Bertz CT molecular complexity index is 279. The molecular formula is C8H14N4O. The number of nitrogens with zero attached hydrogens (tertiary/aromatic N) is 3. The molecule has 5 heteroatoms. The molecule has 13 heavy (non-hydrogen) atoms. The van der Waals surface area contributed by atoms with E-state index in [2.05, 4.69) is 10.1 Å². The molecule has 72 valence electrons. The zero-order chi connectivity index (χ0) is 9.26. The van der Waals surface area contributed by atoms with Crippen molar-refractivity contribution < 1.29 is 4.74 Å². The van der Waals surface area contributed by atoms with Crippen LogP contribution in [0.3, 0.4) is 0 Å². The van der Waals surface area contributed by atoms with Crippen molar-refractivity contribution in [2.45, 2.75) is 31.9 Å². The maximum atomic E-state index is 5.44. The highest BCUT2D eigenvalue weighted by atomic mass is 16.5. The molecule has 1 heterocycles. The van der Waals surface area contributed by atoms with E-state index in [-0.39, 0.29) is 0 Å². The van der Waals surface area contributed by atoms with Gasteiger partial charge in [0.05, 0.1) is 12.1 Å². The molecule has 1 aromatic heterocycles. The lowest BCUT2D eigenvalue weighted by atomic mass is 9.89. The summed E-state index contributed by atoms with van der Waals surface area (Å²) in [4.78, 5) is 3.88. The Morgan fingerprint density at radius 1 is 1.69 bits per heavy atom. The van der Waals surface area contributed by atoms with Crippen LogP contribution in [0.4, 0.5) is 5.95 Å². The summed E-state index contributed by atoms with van der Waals surface area (Å²) in [5.41, 5.74) is 5.41. The summed E-state index contributed by atoms with van der Waals surface area (Å²) < 4.78 is 7.27. The molecule has 0 bridgehead atoms. The van der Waals surface area contributed by atoms with Crippen LogP contribution in [0.1, 0.15) is 25.8 Å². The smallest absolute Gasteiger partial charge is 0.239 e. The van der Waals surface area contributed by atoms with Gasteiger partial charge in [-0.05, 0) is 19.8 Å². The molecule has 2 rings (SSSR count). The van der Waals surface area contributed by atoms with Gasteiger partial charge >= 0.3 is 0 Å². The molecule has 1 aromatic rings. The molecule has 0 radical (unpaired) electrons. The monoisotopic (exact) mass is 182 g/mol. The summed E-state index contributed by atoms with van der Waals surface area (Å²) in [6.07, 6.45) is 4.13. The summed E-state index contributed by atoms with van der Waals surface area (Å²) in [6.45, 7) is 2.80. The van der Waals surface area contributed by atoms with Crippen LogP contribution in [0.5, 0.6) is 0 Å². The molecule has 0 atom stereocenters. The van der Waals surface area contributed by atoms with E-state index >= 15 is 0 Å². The van der Waals surface area contributed by atoms with E-state index in [0.717, 1.165) is 19.4 Å². The van der Waals surface area contributed by atoms with E-state index in [9.17, 15) is 0 Å². The quantitative estimate of drug-likeness (QED) is 0.743. The lowest BCUT2D eigenvalue weighted by Crippen LogP contribution is -2.33. The van der Waals surface area contributed by atoms with Gasteiger partial charge in [0.25, 0.3) is 0 Å². The van der Waals surface area contributed by atoms with Crippen LogP contribution >= 0.6 is 0 Å². The fourth-order valence-corrected chi connectivity index (χ4v) is 1.59. The summed E-state index contributed by atoms with van der Waals surface area (Å²) in [6, 6.07) is 0.432. The zero-order valence-electron chi connectivity index (χ0n) is 7.68. The summed E-state index contributed by atoms with van der Waals surface area (Å²) in [5.74, 6) is 0.347. The lowest BCUT2D eigenvalue weighted by molar-refractivity contribution is -0.0227. The molecule has 0 amide bonds. The number of anilines is 1. The minimum absolute atomic E-state index is 0.347. The highest BCUT2D eigenvalue weighted by Crippen LogP contribution is 2.33. The topological polar surface area (TPSA) is 66.0 Å². The molecule has 0 spiro atoms. The van der Waals surface area contributed by atoms with Crippen LogP contribution in [0.25, 0.3) is 0 Å². The number of ether oxygens (including phenoxy) is 1. The number of hydrogen-bond acceptors (Lipinski definition) is 4. The fraction of sp³-hybridized carbons (Fsp3) is 0.750. The standard InChI is InChI=1S/C8H14N4O/c1-2-13-7-3-6(4-7)12-5-10-8(9)11-12/h5-7H,2-4H2,1H3,(H2,9,11). The molecule has 1 fully saturated rings. The van der Waals surface area contributed by atoms with Gasteiger partial charge in [-0.2, -0.15) is 0 Å². The first kappa shape index (κ1) is 8.50. The first-order chi connectivity index (χ1) is 6.29. The molecule has 0 aromatic carbocycles. The lowest BCUT2D eigenvalue weighted by Gasteiger charge is -2.34. The van der Waals surface area contributed by atoms with Gasteiger partial charge in [0, 0.05) is 6.61 Å². The van der Waals surface area contributed by atoms with E-state index in [4.69, 9.17) is 10.5 Å². The second-order valence-electron chi connectivity index (χ2n) is 3.29. The van der Waals surface area contributed by atoms with Crippen molar-refractivity contribution in [3.05, 3.63) is 6.33 Å². The number of nitrogens with two attached hydrogens (primary N) is 1. The Morgan fingerprint density at radius 3 is 3.00 bits per heavy atom. The van der Waals surface area contributed by atoms with Gasteiger partial charge in [0.2, 0.25) is 5.95 Å². The largest absolute Gasteiger partial charge is 0.378 e. The summed E-state index contributed by atoms with van der Waals surface area (Å²) >= 11 is 0. The van der Waals surface area contributed by atoms with Crippen LogP contribution in [0, 0.1) is 0 Å². The minimum atomic E-state index is 0.347. The number of rotatable bonds is 3. The van der Waals surface area contributed by atoms with Crippen LogP contribution < -0.4 is 5.73 Å². The number of hydrogen-bond donors (Lipinski definition) is 1. The molecule has 1 aliphatic carbocycles. The van der Waals surface area contributed by atoms with E-state index in [1.807, 2.05) is 11.6 Å². The van der Waals surface area contributed by atoms with Gasteiger partial charge in [0.1, 0.15) is 6.33 Å². The fourth-order valence-electron chi connectivity index (χ4n) is 1.59. The zero-order valence-corrected chi connectivity index (χ0v) is 7.68. The highest BCUT2D eigenvalue weighted by molar-refractivity contribution is 5.10. The highest BCUT2D eigenvalue weighted by Gasteiger charge is 2.31. The van der Waals surface area contributed by atoms with Crippen molar-refractivity contribution in [1.29, 1.82) is 0 Å². The summed E-state index contributed by atoms with van der Waals surface area (Å²) in [7, 11) is 0. The molecule has 2 N–H and O–H groups in total. The summed E-state index contributed by atoms with van der Waals surface area (Å²) in [5, 5.41) is 4.06. The Morgan fingerprint density at radius 2 is 2.46 bits per heavy atom. The van der Waals surface area contributed by atoms with Crippen molar-refractivity contribution >= 4 is 5.95 Å². The van der Waals surface area contributed by atoms with Crippen molar-refractivity contribution in [2.24, 2.45) is 0 Å². The third-order valence-corrected chi connectivity index (χ3v) is 2.37. The SMILES string of the molecule is CCOC1CC(n2cnc(N)n2)C1. The van der Waals surface area contributed by atoms with Crippen LogP contribution in [0.2, 0.25) is 0 Å². The molecule has 1 saturated carbocycles. The van der Waals surface area contributed by atoms with E-state index < -0.39 is 0 Å². The van der Waals surface area contributed by atoms with Gasteiger partial charge in [-0.1, -0.05) is 0 Å². The molecule has 0 aliphatic heterocycles. The first-order valence-electron chi connectivity index (χ1n) is 4.57. The van der Waals surface area contributed by atoms with Gasteiger partial charge < -0.3 is 10.5 Å². The normalized spacial score (nSPS) is 27.2. The minimum Gasteiger partial charge on any atom is -0.378 e.